The maximum atomic E-state index is 7.16. The Kier molecular flexibility index (Phi) is 4.86. The highest BCUT2D eigenvalue weighted by Crippen LogP contribution is 2.13. The van der Waals surface area contributed by atoms with Gasteiger partial charge < -0.3 is 5.73 Å². The molecule has 1 unspecified atom stereocenters. The second kappa shape index (κ2) is 5.13. The quantitative estimate of drug-likeness (QED) is 0.441. The summed E-state index contributed by atoms with van der Waals surface area (Å²) in [5.41, 5.74) is 5.33. The highest BCUT2D eigenvalue weighted by Gasteiger charge is 2.22. The van der Waals surface area contributed by atoms with Crippen molar-refractivity contribution in [1.82, 2.24) is 4.90 Å². The summed E-state index contributed by atoms with van der Waals surface area (Å²) in [5, 5.41) is 7.16. The van der Waals surface area contributed by atoms with Crippen LogP contribution in [0.15, 0.2) is 0 Å². The van der Waals surface area contributed by atoms with Crippen molar-refractivity contribution < 1.29 is 0 Å². The number of nitrogens with zero attached hydrogens (tertiary/aromatic N) is 1. The van der Waals surface area contributed by atoms with Crippen molar-refractivity contribution in [2.45, 2.75) is 32.7 Å². The third kappa shape index (κ3) is 2.89. The Labute approximate surface area is 69.1 Å². The molecule has 1 fully saturated rings. The number of likely N-dealkylation sites (tertiary alicyclic amines) is 1. The van der Waals surface area contributed by atoms with Crippen LogP contribution in [0.5, 0.6) is 0 Å². The van der Waals surface area contributed by atoms with E-state index >= 15 is 0 Å². The van der Waals surface area contributed by atoms with Crippen LogP contribution in [0.25, 0.3) is 0 Å². The van der Waals surface area contributed by atoms with Crippen LogP contribution in [-0.2, 0) is 0 Å². The van der Waals surface area contributed by atoms with Gasteiger partial charge in [0.15, 0.2) is 0 Å². The van der Waals surface area contributed by atoms with Gasteiger partial charge in [-0.3, -0.25) is 10.3 Å². The third-order valence-electron chi connectivity index (χ3n) is 1.88. The topological polar surface area (TPSA) is 53.1 Å². The molecule has 3 heteroatoms. The SMILES string of the molecule is CC.CN1CCCC1C(=N)N. The van der Waals surface area contributed by atoms with Crippen LogP contribution in [0.1, 0.15) is 26.7 Å². The van der Waals surface area contributed by atoms with Crippen molar-refractivity contribution >= 4 is 5.84 Å². The summed E-state index contributed by atoms with van der Waals surface area (Å²) in [4.78, 5) is 2.13. The van der Waals surface area contributed by atoms with Crippen LogP contribution in [0.3, 0.4) is 0 Å². The van der Waals surface area contributed by atoms with Gasteiger partial charge in [0.2, 0.25) is 0 Å². The second-order valence-corrected chi connectivity index (χ2v) is 2.59. The summed E-state index contributed by atoms with van der Waals surface area (Å²) in [5.74, 6) is 0.315. The lowest BCUT2D eigenvalue weighted by atomic mass is 10.2. The van der Waals surface area contributed by atoms with E-state index in [1.165, 1.54) is 6.42 Å². The molecule has 0 bridgehead atoms. The first-order valence-electron chi connectivity index (χ1n) is 4.26. The zero-order chi connectivity index (χ0) is 8.85. The van der Waals surface area contributed by atoms with E-state index < -0.39 is 0 Å². The number of amidine groups is 1. The molecule has 11 heavy (non-hydrogen) atoms. The smallest absolute Gasteiger partial charge is 0.108 e. The molecule has 0 saturated carbocycles. The van der Waals surface area contributed by atoms with E-state index in [2.05, 4.69) is 4.90 Å². The van der Waals surface area contributed by atoms with Gasteiger partial charge in [0, 0.05) is 0 Å². The molecular weight excluding hydrogens is 138 g/mol. The molecule has 0 aromatic heterocycles. The Morgan fingerprint density at radius 2 is 2.09 bits per heavy atom. The van der Waals surface area contributed by atoms with Crippen LogP contribution in [0.2, 0.25) is 0 Å². The number of hydrogen-bond donors (Lipinski definition) is 2. The van der Waals surface area contributed by atoms with E-state index in [1.807, 2.05) is 20.9 Å². The van der Waals surface area contributed by atoms with Crippen LogP contribution >= 0.6 is 0 Å². The third-order valence-corrected chi connectivity index (χ3v) is 1.88. The number of likely N-dealkylation sites (N-methyl/N-ethyl adjacent to an activating group) is 1. The minimum Gasteiger partial charge on any atom is -0.386 e. The van der Waals surface area contributed by atoms with Crippen LogP contribution in [0.4, 0.5) is 0 Å². The van der Waals surface area contributed by atoms with Crippen LogP contribution in [0, 0.1) is 5.41 Å². The van der Waals surface area contributed by atoms with Crippen molar-refractivity contribution in [1.29, 1.82) is 5.41 Å². The molecule has 0 amide bonds. The van der Waals surface area contributed by atoms with Gasteiger partial charge in [0.1, 0.15) is 5.84 Å². The minimum absolute atomic E-state index is 0.227. The monoisotopic (exact) mass is 157 g/mol. The van der Waals surface area contributed by atoms with Crippen molar-refractivity contribution in [3.05, 3.63) is 0 Å². The lowest BCUT2D eigenvalue weighted by Gasteiger charge is -2.16. The Morgan fingerprint density at radius 3 is 2.27 bits per heavy atom. The Hall–Kier alpha value is -0.570. The summed E-state index contributed by atoms with van der Waals surface area (Å²) in [6, 6.07) is 0.227. The highest BCUT2D eigenvalue weighted by atomic mass is 15.2. The summed E-state index contributed by atoms with van der Waals surface area (Å²) in [6.07, 6.45) is 2.24. The Balaban J connectivity index is 0.000000461. The van der Waals surface area contributed by atoms with E-state index in [-0.39, 0.29) is 6.04 Å². The maximum absolute atomic E-state index is 7.16. The van der Waals surface area contributed by atoms with Crippen molar-refractivity contribution in [3.8, 4) is 0 Å². The van der Waals surface area contributed by atoms with Crippen molar-refractivity contribution in [2.24, 2.45) is 5.73 Å². The molecule has 1 rings (SSSR count). The lowest BCUT2D eigenvalue weighted by molar-refractivity contribution is 0.370. The molecule has 0 aromatic carbocycles. The summed E-state index contributed by atoms with van der Waals surface area (Å²) >= 11 is 0. The zero-order valence-corrected chi connectivity index (χ0v) is 7.72. The fourth-order valence-corrected chi connectivity index (χ4v) is 1.30. The molecule has 0 spiro atoms. The van der Waals surface area contributed by atoms with E-state index in [1.54, 1.807) is 0 Å². The molecule has 3 N–H and O–H groups in total. The molecule has 0 aliphatic carbocycles. The van der Waals surface area contributed by atoms with E-state index in [4.69, 9.17) is 11.1 Å². The molecule has 1 atom stereocenters. The van der Waals surface area contributed by atoms with Gasteiger partial charge in [-0.15, -0.1) is 0 Å². The predicted molar refractivity (Wildman–Crippen MR) is 48.9 cm³/mol. The molecule has 3 nitrogen and oxygen atoms in total. The number of hydrogen-bond acceptors (Lipinski definition) is 2. The van der Waals surface area contributed by atoms with Gasteiger partial charge in [-0.25, -0.2) is 0 Å². The minimum atomic E-state index is 0.227. The molecule has 1 aliphatic rings. The van der Waals surface area contributed by atoms with Gasteiger partial charge >= 0.3 is 0 Å². The van der Waals surface area contributed by atoms with Gasteiger partial charge in [-0.2, -0.15) is 0 Å². The molecule has 66 valence electrons. The highest BCUT2D eigenvalue weighted by molar-refractivity contribution is 5.82. The summed E-state index contributed by atoms with van der Waals surface area (Å²) in [7, 11) is 2.01. The van der Waals surface area contributed by atoms with Crippen LogP contribution < -0.4 is 5.73 Å². The fourth-order valence-electron chi connectivity index (χ4n) is 1.30. The van der Waals surface area contributed by atoms with Gasteiger partial charge in [-0.1, -0.05) is 13.8 Å². The first kappa shape index (κ1) is 10.4. The zero-order valence-electron chi connectivity index (χ0n) is 7.72. The molecule has 1 aliphatic heterocycles. The summed E-state index contributed by atoms with van der Waals surface area (Å²) < 4.78 is 0. The normalized spacial score (nSPS) is 24.1. The largest absolute Gasteiger partial charge is 0.386 e. The molecule has 0 aromatic rings. The van der Waals surface area contributed by atoms with Crippen molar-refractivity contribution in [3.63, 3.8) is 0 Å². The maximum Gasteiger partial charge on any atom is 0.108 e. The van der Waals surface area contributed by atoms with E-state index in [0.717, 1.165) is 13.0 Å². The molecular formula is C8H19N3. The van der Waals surface area contributed by atoms with E-state index in [9.17, 15) is 0 Å². The van der Waals surface area contributed by atoms with Gasteiger partial charge in [0.05, 0.1) is 6.04 Å². The Bertz CT molecular complexity index is 123. The number of nitrogens with one attached hydrogen (secondary N) is 1. The van der Waals surface area contributed by atoms with Crippen molar-refractivity contribution in [2.75, 3.05) is 13.6 Å². The summed E-state index contributed by atoms with van der Waals surface area (Å²) in [6.45, 7) is 5.09. The van der Waals surface area contributed by atoms with Gasteiger partial charge in [0.25, 0.3) is 0 Å². The van der Waals surface area contributed by atoms with Crippen LogP contribution in [-0.4, -0.2) is 30.4 Å². The predicted octanol–water partition coefficient (Wildman–Crippen LogP) is 1.04. The molecule has 1 saturated heterocycles. The van der Waals surface area contributed by atoms with Gasteiger partial charge in [-0.05, 0) is 26.4 Å². The number of nitrogens with two attached hydrogens (primary N) is 1. The molecule has 1 heterocycles. The fraction of sp³-hybridized carbons (Fsp3) is 0.875. The average molecular weight is 157 g/mol. The Morgan fingerprint density at radius 1 is 1.55 bits per heavy atom. The van der Waals surface area contributed by atoms with E-state index in [0.29, 0.717) is 5.84 Å². The first-order chi connectivity index (χ1) is 5.22. The average Bonchev–Trinajstić information content (AvgIpc) is 2.39. The first-order valence-corrected chi connectivity index (χ1v) is 4.26. The molecule has 0 radical (unpaired) electrons. The lowest BCUT2D eigenvalue weighted by Crippen LogP contribution is -2.37. The number of rotatable bonds is 1. The second-order valence-electron chi connectivity index (χ2n) is 2.59. The standard InChI is InChI=1S/C6H13N3.C2H6/c1-9-4-2-3-5(9)6(7)8;1-2/h5H,2-4H2,1H3,(H3,7,8);1-2H3.